The molecule has 0 aliphatic heterocycles. The number of aliphatic carboxylic acids is 1. The van der Waals surface area contributed by atoms with Crippen LogP contribution in [0.5, 0.6) is 0 Å². The van der Waals surface area contributed by atoms with E-state index in [1.807, 2.05) is 27.7 Å². The van der Waals surface area contributed by atoms with E-state index in [1.54, 1.807) is 9.80 Å². The van der Waals surface area contributed by atoms with E-state index in [-0.39, 0.29) is 30.9 Å². The Morgan fingerprint density at radius 3 is 2.14 bits per heavy atom. The molecule has 2 N–H and O–H groups in total. The first-order chi connectivity index (χ1) is 9.83. The molecule has 0 aliphatic rings. The summed E-state index contributed by atoms with van der Waals surface area (Å²) in [5.74, 6) is -1.00. The fourth-order valence-corrected chi connectivity index (χ4v) is 1.94. The molecule has 0 saturated carbocycles. The van der Waals surface area contributed by atoms with Gasteiger partial charge in [-0.2, -0.15) is 0 Å². The fourth-order valence-electron chi connectivity index (χ4n) is 1.94. The van der Waals surface area contributed by atoms with Crippen LogP contribution in [0.2, 0.25) is 0 Å². The average molecular weight is 301 g/mol. The summed E-state index contributed by atoms with van der Waals surface area (Å²) in [4.78, 5) is 37.6. The van der Waals surface area contributed by atoms with Crippen molar-refractivity contribution in [3.63, 3.8) is 0 Å². The summed E-state index contributed by atoms with van der Waals surface area (Å²) >= 11 is 0. The van der Waals surface area contributed by atoms with Crippen molar-refractivity contribution in [1.29, 1.82) is 0 Å². The number of nitrogens with zero attached hydrogens (tertiary/aromatic N) is 2. The van der Waals surface area contributed by atoms with Crippen LogP contribution >= 0.6 is 0 Å². The topological polar surface area (TPSA) is 90.0 Å². The summed E-state index contributed by atoms with van der Waals surface area (Å²) < 4.78 is 0. The standard InChI is InChI=1S/C14H27N3O4/c1-5-16(6-2)12(18)10-15-14(21)17(11(3)4)9-7-8-13(19)20/h11H,5-10H2,1-4H3,(H,15,21)(H,19,20). The van der Waals surface area contributed by atoms with Gasteiger partial charge in [-0.15, -0.1) is 0 Å². The Labute approximate surface area is 126 Å². The zero-order valence-corrected chi connectivity index (χ0v) is 13.4. The summed E-state index contributed by atoms with van der Waals surface area (Å²) in [6.45, 7) is 9.01. The van der Waals surface area contributed by atoms with Crippen LogP contribution in [-0.4, -0.2) is 65.0 Å². The number of hydrogen-bond acceptors (Lipinski definition) is 3. The van der Waals surface area contributed by atoms with Crippen molar-refractivity contribution in [2.24, 2.45) is 0 Å². The average Bonchev–Trinajstić information content (AvgIpc) is 2.41. The first-order valence-electron chi connectivity index (χ1n) is 7.37. The van der Waals surface area contributed by atoms with Gasteiger partial charge >= 0.3 is 12.0 Å². The summed E-state index contributed by atoms with van der Waals surface area (Å²) in [7, 11) is 0. The van der Waals surface area contributed by atoms with Gasteiger partial charge in [0.1, 0.15) is 0 Å². The highest BCUT2D eigenvalue weighted by Gasteiger charge is 2.18. The van der Waals surface area contributed by atoms with E-state index in [9.17, 15) is 14.4 Å². The van der Waals surface area contributed by atoms with Crippen LogP contribution in [0.3, 0.4) is 0 Å². The summed E-state index contributed by atoms with van der Waals surface area (Å²) in [6, 6.07) is -0.391. The van der Waals surface area contributed by atoms with E-state index in [0.717, 1.165) is 0 Å². The molecule has 0 rings (SSSR count). The van der Waals surface area contributed by atoms with Crippen molar-refractivity contribution >= 4 is 17.9 Å². The van der Waals surface area contributed by atoms with Crippen LogP contribution in [0.4, 0.5) is 4.79 Å². The predicted octanol–water partition coefficient (Wildman–Crippen LogP) is 1.14. The van der Waals surface area contributed by atoms with Crippen molar-refractivity contribution in [2.45, 2.75) is 46.6 Å². The van der Waals surface area contributed by atoms with E-state index in [1.165, 1.54) is 0 Å². The maximum absolute atomic E-state index is 12.1. The molecule has 0 radical (unpaired) electrons. The molecule has 122 valence electrons. The van der Waals surface area contributed by atoms with Gasteiger partial charge in [-0.05, 0) is 34.1 Å². The highest BCUT2D eigenvalue weighted by molar-refractivity contribution is 5.84. The molecule has 21 heavy (non-hydrogen) atoms. The number of likely N-dealkylation sites (N-methyl/N-ethyl adjacent to an activating group) is 1. The zero-order valence-electron chi connectivity index (χ0n) is 13.4. The number of nitrogens with one attached hydrogen (secondary N) is 1. The van der Waals surface area contributed by atoms with Crippen molar-refractivity contribution < 1.29 is 19.5 Å². The van der Waals surface area contributed by atoms with Crippen LogP contribution < -0.4 is 5.32 Å². The SMILES string of the molecule is CCN(CC)C(=O)CNC(=O)N(CCCC(=O)O)C(C)C. The van der Waals surface area contributed by atoms with Gasteiger partial charge in [0, 0.05) is 32.1 Å². The minimum atomic E-state index is -0.879. The highest BCUT2D eigenvalue weighted by atomic mass is 16.4. The molecule has 0 aromatic rings. The minimum Gasteiger partial charge on any atom is -0.481 e. The lowest BCUT2D eigenvalue weighted by atomic mass is 10.2. The molecule has 0 aromatic carbocycles. The third kappa shape index (κ3) is 7.53. The van der Waals surface area contributed by atoms with Crippen LogP contribution in [0.25, 0.3) is 0 Å². The molecule has 7 heteroatoms. The number of hydrogen-bond donors (Lipinski definition) is 2. The second-order valence-electron chi connectivity index (χ2n) is 5.01. The number of amides is 3. The Balaban J connectivity index is 4.35. The molecular weight excluding hydrogens is 274 g/mol. The summed E-state index contributed by atoms with van der Waals surface area (Å²) in [5, 5.41) is 11.2. The third-order valence-corrected chi connectivity index (χ3v) is 3.18. The van der Waals surface area contributed by atoms with Crippen molar-refractivity contribution in [2.75, 3.05) is 26.2 Å². The Morgan fingerprint density at radius 2 is 1.71 bits per heavy atom. The van der Waals surface area contributed by atoms with Gasteiger partial charge in [0.15, 0.2) is 0 Å². The van der Waals surface area contributed by atoms with Gasteiger partial charge < -0.3 is 20.2 Å². The smallest absolute Gasteiger partial charge is 0.318 e. The van der Waals surface area contributed by atoms with Crippen LogP contribution in [0, 0.1) is 0 Å². The van der Waals surface area contributed by atoms with E-state index in [2.05, 4.69) is 5.32 Å². The number of carboxylic acids is 1. The third-order valence-electron chi connectivity index (χ3n) is 3.18. The largest absolute Gasteiger partial charge is 0.481 e. The normalized spacial score (nSPS) is 10.3. The molecule has 0 spiro atoms. The molecule has 0 aliphatic carbocycles. The molecule has 0 fully saturated rings. The molecule has 0 atom stereocenters. The first-order valence-corrected chi connectivity index (χ1v) is 7.37. The number of carbonyl (C=O) groups excluding carboxylic acids is 2. The van der Waals surface area contributed by atoms with Crippen molar-refractivity contribution in [3.8, 4) is 0 Å². The molecule has 0 bridgehead atoms. The van der Waals surface area contributed by atoms with Crippen LogP contribution in [0.1, 0.15) is 40.5 Å². The Bertz CT molecular complexity index is 354. The number of urea groups is 1. The predicted molar refractivity (Wildman–Crippen MR) is 80.0 cm³/mol. The van der Waals surface area contributed by atoms with Crippen LogP contribution in [0.15, 0.2) is 0 Å². The van der Waals surface area contributed by atoms with Crippen LogP contribution in [-0.2, 0) is 9.59 Å². The highest BCUT2D eigenvalue weighted by Crippen LogP contribution is 2.02. The molecular formula is C14H27N3O4. The van der Waals surface area contributed by atoms with E-state index < -0.39 is 5.97 Å². The molecule has 0 unspecified atom stereocenters. The monoisotopic (exact) mass is 301 g/mol. The van der Waals surface area contributed by atoms with Gasteiger partial charge in [-0.1, -0.05) is 0 Å². The first kappa shape index (κ1) is 19.2. The fraction of sp³-hybridized carbons (Fsp3) is 0.786. The lowest BCUT2D eigenvalue weighted by Crippen LogP contribution is -2.48. The molecule has 0 heterocycles. The van der Waals surface area contributed by atoms with Crippen molar-refractivity contribution in [3.05, 3.63) is 0 Å². The van der Waals surface area contributed by atoms with Gasteiger partial charge in [0.05, 0.1) is 6.54 Å². The quantitative estimate of drug-likeness (QED) is 0.668. The summed E-state index contributed by atoms with van der Waals surface area (Å²) in [5.41, 5.74) is 0. The molecule has 3 amide bonds. The molecule has 0 saturated heterocycles. The zero-order chi connectivity index (χ0) is 16.4. The Kier molecular flexibility index (Phi) is 9.16. The molecule has 7 nitrogen and oxygen atoms in total. The maximum atomic E-state index is 12.1. The lowest BCUT2D eigenvalue weighted by Gasteiger charge is -2.27. The van der Waals surface area contributed by atoms with E-state index in [4.69, 9.17) is 5.11 Å². The maximum Gasteiger partial charge on any atom is 0.318 e. The number of carboxylic acid groups (broad SMARTS) is 1. The number of rotatable bonds is 9. The second kappa shape index (κ2) is 10.0. The van der Waals surface area contributed by atoms with Gasteiger partial charge in [-0.25, -0.2) is 4.79 Å². The molecule has 0 aromatic heterocycles. The Hall–Kier alpha value is -1.79. The van der Waals surface area contributed by atoms with Crippen molar-refractivity contribution in [1.82, 2.24) is 15.1 Å². The summed E-state index contributed by atoms with van der Waals surface area (Å²) in [6.07, 6.45) is 0.416. The van der Waals surface area contributed by atoms with E-state index >= 15 is 0 Å². The lowest BCUT2D eigenvalue weighted by molar-refractivity contribution is -0.137. The van der Waals surface area contributed by atoms with Gasteiger partial charge in [-0.3, -0.25) is 9.59 Å². The minimum absolute atomic E-state index is 0.0227. The second-order valence-corrected chi connectivity index (χ2v) is 5.01. The van der Waals surface area contributed by atoms with E-state index in [0.29, 0.717) is 26.1 Å². The Morgan fingerprint density at radius 1 is 1.14 bits per heavy atom. The number of carbonyl (C=O) groups is 3. The van der Waals surface area contributed by atoms with Gasteiger partial charge in [0.25, 0.3) is 0 Å². The van der Waals surface area contributed by atoms with Gasteiger partial charge in [0.2, 0.25) is 5.91 Å².